The minimum absolute atomic E-state index is 0.324. The highest BCUT2D eigenvalue weighted by Crippen LogP contribution is 2.22. The van der Waals surface area contributed by atoms with E-state index in [0.29, 0.717) is 0 Å². The highest BCUT2D eigenvalue weighted by Gasteiger charge is 2.47. The molecule has 5 N–H and O–H groups in total. The zero-order valence-electron chi connectivity index (χ0n) is 6.29. The molecular weight excluding hydrogens is 169 g/mol. The van der Waals surface area contributed by atoms with Crippen LogP contribution >= 0.6 is 0 Å². The van der Waals surface area contributed by atoms with Crippen molar-refractivity contribution in [1.29, 1.82) is 0 Å². The summed E-state index contributed by atoms with van der Waals surface area (Å²) in [6.45, 7) is -1.16. The molecule has 0 aromatic carbocycles. The molecule has 12 heavy (non-hydrogen) atoms. The molecule has 1 saturated heterocycles. The van der Waals surface area contributed by atoms with Gasteiger partial charge in [0.1, 0.15) is 18.3 Å². The molecule has 0 amide bonds. The van der Waals surface area contributed by atoms with Gasteiger partial charge in [-0.15, -0.1) is 0 Å². The minimum atomic E-state index is -2.17. The van der Waals surface area contributed by atoms with Gasteiger partial charge in [-0.3, -0.25) is 0 Å². The van der Waals surface area contributed by atoms with Gasteiger partial charge in [0.25, 0.3) is 0 Å². The normalized spacial score (nSPS) is 49.2. The van der Waals surface area contributed by atoms with Crippen LogP contribution in [0.3, 0.4) is 0 Å². The summed E-state index contributed by atoms with van der Waals surface area (Å²) >= 11 is 0. The predicted molar refractivity (Wildman–Crippen MR) is 36.0 cm³/mol. The van der Waals surface area contributed by atoms with Crippen LogP contribution in [0.2, 0.25) is 0 Å². The van der Waals surface area contributed by atoms with Gasteiger partial charge in [0.05, 0.1) is 13.2 Å². The number of hydrogen-bond donors (Lipinski definition) is 5. The first-order valence-corrected chi connectivity index (χ1v) is 3.52. The number of rotatable bonds is 1. The number of aliphatic hydroxyl groups excluding tert-OH is 4. The van der Waals surface area contributed by atoms with Crippen LogP contribution in [0.15, 0.2) is 0 Å². The molecule has 1 rings (SSSR count). The van der Waals surface area contributed by atoms with Crippen molar-refractivity contribution in [2.45, 2.75) is 24.1 Å². The van der Waals surface area contributed by atoms with E-state index in [0.717, 1.165) is 0 Å². The maximum Gasteiger partial charge on any atom is 0.218 e. The third kappa shape index (κ3) is 1.45. The van der Waals surface area contributed by atoms with E-state index in [-0.39, 0.29) is 6.61 Å². The Hall–Kier alpha value is -0.240. The predicted octanol–water partition coefficient (Wildman–Crippen LogP) is -3.22. The van der Waals surface area contributed by atoms with E-state index in [1.807, 2.05) is 0 Å². The monoisotopic (exact) mass is 181 g/mol. The topological polar surface area (TPSA) is 110 Å². The molecular formula is C6H12O6. The summed E-state index contributed by atoms with van der Waals surface area (Å²) in [5.41, 5.74) is 0. The molecule has 4 atom stereocenters. The van der Waals surface area contributed by atoms with Crippen LogP contribution < -0.4 is 0 Å². The van der Waals surface area contributed by atoms with E-state index in [4.69, 9.17) is 20.4 Å². The quantitative estimate of drug-likeness (QED) is 0.272. The van der Waals surface area contributed by atoms with Gasteiger partial charge < -0.3 is 30.3 Å². The Morgan fingerprint density at radius 2 is 1.92 bits per heavy atom. The summed E-state index contributed by atoms with van der Waals surface area (Å²) in [4.78, 5) is 0. The molecule has 6 heteroatoms. The van der Waals surface area contributed by atoms with Crippen LogP contribution in [-0.2, 0) is 4.74 Å². The highest BCUT2D eigenvalue weighted by molar-refractivity contribution is 4.90. The highest BCUT2D eigenvalue weighted by atomic mass is 16.7. The molecule has 0 aliphatic carbocycles. The third-order valence-corrected chi connectivity index (χ3v) is 1.91. The third-order valence-electron chi connectivity index (χ3n) is 1.91. The van der Waals surface area contributed by atoms with Crippen molar-refractivity contribution >= 4 is 0 Å². The lowest BCUT2D eigenvalue weighted by Crippen LogP contribution is -2.62. The summed E-state index contributed by atoms with van der Waals surface area (Å²) in [6, 6.07) is 0. The molecule has 0 radical (unpaired) electrons. The van der Waals surface area contributed by atoms with Crippen molar-refractivity contribution in [3.63, 3.8) is 0 Å². The van der Waals surface area contributed by atoms with Crippen molar-refractivity contribution in [3.05, 3.63) is 0 Å². The van der Waals surface area contributed by atoms with Crippen molar-refractivity contribution in [1.82, 2.24) is 0 Å². The second kappa shape index (κ2) is 3.25. The lowest BCUT2D eigenvalue weighted by atomic mass is 10.0. The molecule has 1 aliphatic heterocycles. The first-order valence-electron chi connectivity index (χ1n) is 3.52. The molecule has 0 saturated carbocycles. The van der Waals surface area contributed by atoms with Crippen LogP contribution in [0.4, 0.5) is 0 Å². The fourth-order valence-corrected chi connectivity index (χ4v) is 1.03. The fraction of sp³-hybridized carbons (Fsp3) is 1.00. The molecule has 72 valence electrons. The van der Waals surface area contributed by atoms with Crippen LogP contribution in [0, 0.1) is 0 Å². The van der Waals surface area contributed by atoms with Gasteiger partial charge in [0, 0.05) is 0 Å². The zero-order valence-corrected chi connectivity index (χ0v) is 6.29. The Morgan fingerprint density at radius 3 is 2.42 bits per heavy atom. The van der Waals surface area contributed by atoms with Crippen LogP contribution in [-0.4, -0.2) is 62.8 Å². The van der Waals surface area contributed by atoms with Gasteiger partial charge in [0.2, 0.25) is 5.79 Å². The lowest BCUT2D eigenvalue weighted by molar-refractivity contribution is -0.331. The lowest BCUT2D eigenvalue weighted by Gasteiger charge is -2.40. The molecule has 1 aliphatic rings. The summed E-state index contributed by atoms with van der Waals surface area (Å²) in [6.07, 6.45) is -4.45. The van der Waals surface area contributed by atoms with E-state index in [9.17, 15) is 5.11 Å². The molecule has 0 aromatic heterocycles. The van der Waals surface area contributed by atoms with Gasteiger partial charge in [0.15, 0.2) is 0 Å². The SMILES string of the molecule is OCC1(O)O[13CH2]C(O)C(O)C1O. The molecule has 1 fully saturated rings. The van der Waals surface area contributed by atoms with E-state index in [1.54, 1.807) is 0 Å². The molecule has 0 bridgehead atoms. The Morgan fingerprint density at radius 1 is 1.33 bits per heavy atom. The average molecular weight is 181 g/mol. The maximum atomic E-state index is 9.24. The smallest absolute Gasteiger partial charge is 0.218 e. The molecule has 0 spiro atoms. The van der Waals surface area contributed by atoms with Crippen molar-refractivity contribution in [2.24, 2.45) is 0 Å². The summed E-state index contributed by atoms with van der Waals surface area (Å²) in [5.74, 6) is -2.17. The Balaban J connectivity index is 2.71. The van der Waals surface area contributed by atoms with Gasteiger partial charge >= 0.3 is 0 Å². The van der Waals surface area contributed by atoms with Crippen LogP contribution in [0.5, 0.6) is 0 Å². The molecule has 0 aromatic rings. The van der Waals surface area contributed by atoms with Gasteiger partial charge in [-0.2, -0.15) is 0 Å². The fourth-order valence-electron chi connectivity index (χ4n) is 1.03. The van der Waals surface area contributed by atoms with Crippen LogP contribution in [0.1, 0.15) is 0 Å². The largest absolute Gasteiger partial charge is 0.391 e. The van der Waals surface area contributed by atoms with Crippen LogP contribution in [0.25, 0.3) is 0 Å². The second-order valence-electron chi connectivity index (χ2n) is 2.82. The summed E-state index contributed by atoms with van der Waals surface area (Å²) in [7, 11) is 0. The zero-order chi connectivity index (χ0) is 9.35. The van der Waals surface area contributed by atoms with Crippen molar-refractivity contribution in [3.8, 4) is 0 Å². The Kier molecular flexibility index (Phi) is 2.67. The van der Waals surface area contributed by atoms with Crippen molar-refractivity contribution in [2.75, 3.05) is 13.2 Å². The van der Waals surface area contributed by atoms with Gasteiger partial charge in [-0.1, -0.05) is 0 Å². The van der Waals surface area contributed by atoms with Gasteiger partial charge in [-0.05, 0) is 0 Å². The van der Waals surface area contributed by atoms with E-state index >= 15 is 0 Å². The molecule has 4 unspecified atom stereocenters. The minimum Gasteiger partial charge on any atom is -0.391 e. The second-order valence-corrected chi connectivity index (χ2v) is 2.82. The molecule has 6 nitrogen and oxygen atoms in total. The average Bonchev–Trinajstić information content (AvgIpc) is 2.09. The Labute approximate surface area is 68.6 Å². The number of hydrogen-bond acceptors (Lipinski definition) is 6. The van der Waals surface area contributed by atoms with Gasteiger partial charge in [-0.25, -0.2) is 0 Å². The summed E-state index contributed by atoms with van der Waals surface area (Å²) < 4.78 is 4.56. The molecule has 1 heterocycles. The first-order chi connectivity index (χ1) is 5.51. The Bertz CT molecular complexity index is 162. The number of ether oxygens (including phenoxy) is 1. The van der Waals surface area contributed by atoms with Crippen molar-refractivity contribution < 1.29 is 30.3 Å². The van der Waals surface area contributed by atoms with E-state index in [1.165, 1.54) is 0 Å². The van der Waals surface area contributed by atoms with E-state index in [2.05, 4.69) is 4.74 Å². The summed E-state index contributed by atoms with van der Waals surface area (Å²) in [5, 5.41) is 45.0. The maximum absolute atomic E-state index is 9.24. The standard InChI is InChI=1S/C6H12O6/c7-2-6(11)5(10)4(9)3(8)1-12-6/h3-5,7-11H,1-2H2/i1+1. The number of aliphatic hydroxyl groups is 5. The van der Waals surface area contributed by atoms with E-state index < -0.39 is 30.7 Å². The first kappa shape index (κ1) is 9.85.